The number of rotatable bonds is 2. The van der Waals surface area contributed by atoms with Crippen molar-refractivity contribution in [3.05, 3.63) is 39.9 Å². The van der Waals surface area contributed by atoms with Gasteiger partial charge in [0.25, 0.3) is 0 Å². The Morgan fingerprint density at radius 3 is 2.83 bits per heavy atom. The van der Waals surface area contributed by atoms with Gasteiger partial charge < -0.3 is 5.11 Å². The van der Waals surface area contributed by atoms with Crippen molar-refractivity contribution in [3.63, 3.8) is 0 Å². The molecule has 0 atom stereocenters. The highest BCUT2D eigenvalue weighted by Crippen LogP contribution is 2.16. The Labute approximate surface area is 80.9 Å². The van der Waals surface area contributed by atoms with Crippen molar-refractivity contribution in [1.82, 2.24) is 0 Å². The average Bonchev–Trinajstić information content (AvgIpc) is 2.03. The van der Waals surface area contributed by atoms with Crippen LogP contribution in [0.25, 0.3) is 6.08 Å². The van der Waals surface area contributed by atoms with Gasteiger partial charge in [-0.3, -0.25) is 0 Å². The molecule has 0 aliphatic heterocycles. The van der Waals surface area contributed by atoms with Gasteiger partial charge in [0.2, 0.25) is 0 Å². The van der Waals surface area contributed by atoms with Gasteiger partial charge >= 0.3 is 0 Å². The fourth-order valence-corrected chi connectivity index (χ4v) is 1.48. The van der Waals surface area contributed by atoms with Gasteiger partial charge in [-0.05, 0) is 30.2 Å². The standard InChI is InChI=1S/C10H11BrO/c1-8-7-10(11)5-4-9(8)3-2-6-12/h2-5,7,12H,6H2,1H3. The molecule has 0 saturated heterocycles. The summed E-state index contributed by atoms with van der Waals surface area (Å²) in [7, 11) is 0. The molecule has 1 rings (SSSR count). The van der Waals surface area contributed by atoms with Gasteiger partial charge in [0, 0.05) is 4.47 Å². The fourth-order valence-electron chi connectivity index (χ4n) is 1.01. The van der Waals surface area contributed by atoms with Crippen LogP contribution < -0.4 is 0 Å². The zero-order valence-corrected chi connectivity index (χ0v) is 8.51. The molecule has 0 saturated carbocycles. The summed E-state index contributed by atoms with van der Waals surface area (Å²) in [6.45, 7) is 2.14. The lowest BCUT2D eigenvalue weighted by Gasteiger charge is -1.99. The molecule has 1 N–H and O–H groups in total. The Morgan fingerprint density at radius 1 is 1.50 bits per heavy atom. The number of benzene rings is 1. The number of aliphatic hydroxyl groups excluding tert-OH is 1. The number of hydrogen-bond donors (Lipinski definition) is 1. The molecule has 0 amide bonds. The molecule has 1 aromatic rings. The van der Waals surface area contributed by atoms with E-state index in [4.69, 9.17) is 5.11 Å². The fraction of sp³-hybridized carbons (Fsp3) is 0.200. The second-order valence-electron chi connectivity index (χ2n) is 2.59. The highest BCUT2D eigenvalue weighted by Gasteiger charge is 1.93. The molecular weight excluding hydrogens is 216 g/mol. The molecule has 0 aliphatic carbocycles. The molecule has 1 nitrogen and oxygen atoms in total. The number of aliphatic hydroxyl groups is 1. The molecule has 0 spiro atoms. The largest absolute Gasteiger partial charge is 0.392 e. The van der Waals surface area contributed by atoms with Crippen molar-refractivity contribution in [2.24, 2.45) is 0 Å². The van der Waals surface area contributed by atoms with E-state index >= 15 is 0 Å². The maximum atomic E-state index is 8.58. The van der Waals surface area contributed by atoms with E-state index in [2.05, 4.69) is 22.0 Å². The zero-order valence-electron chi connectivity index (χ0n) is 6.92. The Hall–Kier alpha value is -0.600. The zero-order chi connectivity index (χ0) is 8.97. The molecule has 0 aliphatic rings. The smallest absolute Gasteiger partial charge is 0.0615 e. The van der Waals surface area contributed by atoms with E-state index in [1.807, 2.05) is 25.1 Å². The van der Waals surface area contributed by atoms with E-state index < -0.39 is 0 Å². The lowest BCUT2D eigenvalue weighted by atomic mass is 10.1. The Bertz CT molecular complexity index is 292. The molecule has 0 bridgehead atoms. The van der Waals surface area contributed by atoms with Crippen molar-refractivity contribution in [3.8, 4) is 0 Å². The predicted molar refractivity (Wildman–Crippen MR) is 55.0 cm³/mol. The third-order valence-corrected chi connectivity index (χ3v) is 2.13. The first kappa shape index (κ1) is 9.49. The molecule has 0 heterocycles. The van der Waals surface area contributed by atoms with Crippen LogP contribution in [0.15, 0.2) is 28.7 Å². The van der Waals surface area contributed by atoms with E-state index in [1.165, 1.54) is 5.56 Å². The van der Waals surface area contributed by atoms with E-state index in [0.29, 0.717) is 0 Å². The topological polar surface area (TPSA) is 20.2 Å². The summed E-state index contributed by atoms with van der Waals surface area (Å²) in [5.74, 6) is 0. The molecule has 0 radical (unpaired) electrons. The summed E-state index contributed by atoms with van der Waals surface area (Å²) < 4.78 is 1.08. The normalized spacial score (nSPS) is 10.9. The van der Waals surface area contributed by atoms with Crippen LogP contribution in [0.4, 0.5) is 0 Å². The Balaban J connectivity index is 2.94. The molecule has 0 unspecified atom stereocenters. The Kier molecular flexibility index (Phi) is 3.50. The molecule has 0 fully saturated rings. The maximum absolute atomic E-state index is 8.58. The molecule has 1 aromatic carbocycles. The minimum absolute atomic E-state index is 0.0928. The van der Waals surface area contributed by atoms with E-state index in [0.717, 1.165) is 10.0 Å². The first-order valence-electron chi connectivity index (χ1n) is 3.77. The van der Waals surface area contributed by atoms with Crippen LogP contribution in [-0.2, 0) is 0 Å². The molecule has 0 aromatic heterocycles. The van der Waals surface area contributed by atoms with Crippen LogP contribution in [-0.4, -0.2) is 11.7 Å². The number of hydrogen-bond acceptors (Lipinski definition) is 1. The quantitative estimate of drug-likeness (QED) is 0.823. The lowest BCUT2D eigenvalue weighted by Crippen LogP contribution is -1.80. The average molecular weight is 227 g/mol. The van der Waals surface area contributed by atoms with Crippen LogP contribution in [0.3, 0.4) is 0 Å². The van der Waals surface area contributed by atoms with Crippen LogP contribution in [0.5, 0.6) is 0 Å². The van der Waals surface area contributed by atoms with Crippen molar-refractivity contribution < 1.29 is 5.11 Å². The summed E-state index contributed by atoms with van der Waals surface area (Å²) in [6.07, 6.45) is 3.65. The first-order chi connectivity index (χ1) is 5.74. The summed E-state index contributed by atoms with van der Waals surface area (Å²) in [5.41, 5.74) is 2.35. The lowest BCUT2D eigenvalue weighted by molar-refractivity contribution is 0.343. The van der Waals surface area contributed by atoms with Gasteiger partial charge in [-0.2, -0.15) is 0 Å². The third-order valence-electron chi connectivity index (χ3n) is 1.63. The van der Waals surface area contributed by atoms with E-state index in [9.17, 15) is 0 Å². The van der Waals surface area contributed by atoms with Crippen molar-refractivity contribution in [2.75, 3.05) is 6.61 Å². The van der Waals surface area contributed by atoms with Crippen molar-refractivity contribution in [1.29, 1.82) is 0 Å². The van der Waals surface area contributed by atoms with Gasteiger partial charge in [-0.15, -0.1) is 0 Å². The highest BCUT2D eigenvalue weighted by molar-refractivity contribution is 9.10. The van der Waals surface area contributed by atoms with Gasteiger partial charge in [-0.25, -0.2) is 0 Å². The molecule has 2 heteroatoms. The van der Waals surface area contributed by atoms with Gasteiger partial charge in [0.05, 0.1) is 6.61 Å². The van der Waals surface area contributed by atoms with E-state index in [1.54, 1.807) is 6.08 Å². The first-order valence-corrected chi connectivity index (χ1v) is 4.57. The summed E-state index contributed by atoms with van der Waals surface area (Å²) in [5, 5.41) is 8.58. The Morgan fingerprint density at radius 2 is 2.25 bits per heavy atom. The summed E-state index contributed by atoms with van der Waals surface area (Å²) in [4.78, 5) is 0. The summed E-state index contributed by atoms with van der Waals surface area (Å²) >= 11 is 3.39. The third kappa shape index (κ3) is 2.47. The number of aryl methyl sites for hydroxylation is 1. The van der Waals surface area contributed by atoms with E-state index in [-0.39, 0.29) is 6.61 Å². The van der Waals surface area contributed by atoms with Crippen molar-refractivity contribution >= 4 is 22.0 Å². The van der Waals surface area contributed by atoms with Crippen LogP contribution in [0, 0.1) is 6.92 Å². The molecule has 12 heavy (non-hydrogen) atoms. The van der Waals surface area contributed by atoms with Crippen molar-refractivity contribution in [2.45, 2.75) is 6.92 Å². The molecule has 64 valence electrons. The predicted octanol–water partition coefficient (Wildman–Crippen LogP) is 2.76. The SMILES string of the molecule is Cc1cc(Br)ccc1C=CCO. The highest BCUT2D eigenvalue weighted by atomic mass is 79.9. The van der Waals surface area contributed by atoms with Crippen LogP contribution in [0.2, 0.25) is 0 Å². The van der Waals surface area contributed by atoms with Crippen LogP contribution in [0.1, 0.15) is 11.1 Å². The second-order valence-corrected chi connectivity index (χ2v) is 3.50. The minimum Gasteiger partial charge on any atom is -0.392 e. The van der Waals surface area contributed by atoms with Gasteiger partial charge in [0.1, 0.15) is 0 Å². The van der Waals surface area contributed by atoms with Gasteiger partial charge in [0.15, 0.2) is 0 Å². The van der Waals surface area contributed by atoms with Gasteiger partial charge in [-0.1, -0.05) is 34.1 Å². The second kappa shape index (κ2) is 4.43. The summed E-state index contributed by atoms with van der Waals surface area (Å²) in [6, 6.07) is 6.06. The monoisotopic (exact) mass is 226 g/mol. The molecular formula is C10H11BrO. The minimum atomic E-state index is 0.0928. The maximum Gasteiger partial charge on any atom is 0.0615 e. The van der Waals surface area contributed by atoms with Crippen LogP contribution >= 0.6 is 15.9 Å². The number of halogens is 1.